The van der Waals surface area contributed by atoms with Crippen LogP contribution in [0.2, 0.25) is 5.02 Å². The average molecular weight is 388 g/mol. The van der Waals surface area contributed by atoms with Crippen molar-refractivity contribution in [3.05, 3.63) is 47.0 Å². The van der Waals surface area contributed by atoms with E-state index in [9.17, 15) is 9.59 Å². The quantitative estimate of drug-likeness (QED) is 0.596. The van der Waals surface area contributed by atoms with Crippen molar-refractivity contribution in [1.82, 2.24) is 0 Å². The van der Waals surface area contributed by atoms with E-state index in [-0.39, 0.29) is 18.9 Å². The Morgan fingerprint density at radius 3 is 2.70 bits per heavy atom. The van der Waals surface area contributed by atoms with Crippen LogP contribution in [0.15, 0.2) is 36.4 Å². The Hall–Kier alpha value is -2.73. The minimum absolute atomic E-state index is 0.111. The van der Waals surface area contributed by atoms with Gasteiger partial charge in [-0.15, -0.1) is 0 Å². The Morgan fingerprint density at radius 1 is 1.15 bits per heavy atom. The van der Waals surface area contributed by atoms with Gasteiger partial charge in [-0.25, -0.2) is 0 Å². The van der Waals surface area contributed by atoms with Crippen molar-refractivity contribution in [2.45, 2.75) is 13.3 Å². The molecule has 7 heteroatoms. The first-order chi connectivity index (χ1) is 13.0. The molecular formula is C20H18ClNO5. The molecule has 0 radical (unpaired) electrons. The predicted octanol–water partition coefficient (Wildman–Crippen LogP) is 3.38. The van der Waals surface area contributed by atoms with Crippen molar-refractivity contribution in [2.24, 2.45) is 5.92 Å². The highest BCUT2D eigenvalue weighted by molar-refractivity contribution is 6.30. The molecule has 0 bridgehead atoms. The molecule has 1 saturated heterocycles. The fourth-order valence-electron chi connectivity index (χ4n) is 3.23. The molecule has 2 aliphatic heterocycles. The summed E-state index contributed by atoms with van der Waals surface area (Å²) in [6.45, 7) is 3.06. The zero-order valence-corrected chi connectivity index (χ0v) is 15.5. The summed E-state index contributed by atoms with van der Waals surface area (Å²) in [4.78, 5) is 26.6. The van der Waals surface area contributed by atoms with Gasteiger partial charge in [0.2, 0.25) is 5.91 Å². The lowest BCUT2D eigenvalue weighted by molar-refractivity contribution is -0.139. The molecule has 140 valence electrons. The van der Waals surface area contributed by atoms with Gasteiger partial charge in [-0.2, -0.15) is 0 Å². The molecule has 2 aromatic rings. The van der Waals surface area contributed by atoms with Gasteiger partial charge < -0.3 is 19.1 Å². The summed E-state index contributed by atoms with van der Waals surface area (Å²) in [5, 5.41) is 0.577. The Bertz CT molecular complexity index is 913. The first kappa shape index (κ1) is 17.7. The van der Waals surface area contributed by atoms with Gasteiger partial charge in [-0.1, -0.05) is 11.6 Å². The van der Waals surface area contributed by atoms with Gasteiger partial charge in [0.15, 0.2) is 11.5 Å². The van der Waals surface area contributed by atoms with Crippen LogP contribution in [0.25, 0.3) is 0 Å². The van der Waals surface area contributed by atoms with Gasteiger partial charge in [0.1, 0.15) is 19.0 Å². The van der Waals surface area contributed by atoms with E-state index >= 15 is 0 Å². The van der Waals surface area contributed by atoms with Crippen LogP contribution in [0.1, 0.15) is 12.0 Å². The van der Waals surface area contributed by atoms with Crippen molar-refractivity contribution in [3.8, 4) is 17.2 Å². The molecule has 0 spiro atoms. The maximum atomic E-state index is 12.5. The number of hydrogen-bond acceptors (Lipinski definition) is 5. The lowest BCUT2D eigenvalue weighted by atomic mass is 10.1. The van der Waals surface area contributed by atoms with E-state index < -0.39 is 11.9 Å². The number of anilines is 1. The molecular weight excluding hydrogens is 370 g/mol. The molecule has 0 unspecified atom stereocenters. The number of amides is 1. The third-order valence-corrected chi connectivity index (χ3v) is 4.88. The fourth-order valence-corrected chi connectivity index (χ4v) is 3.46. The zero-order valence-electron chi connectivity index (χ0n) is 14.7. The summed E-state index contributed by atoms with van der Waals surface area (Å²) < 4.78 is 16.6. The first-order valence-corrected chi connectivity index (χ1v) is 9.07. The summed E-state index contributed by atoms with van der Waals surface area (Å²) in [6.07, 6.45) is 0.111. The number of carbonyl (C=O) groups excluding carboxylic acids is 2. The summed E-state index contributed by atoms with van der Waals surface area (Å²) in [7, 11) is 0. The Kier molecular flexibility index (Phi) is 4.66. The predicted molar refractivity (Wildman–Crippen MR) is 99.7 cm³/mol. The number of hydrogen-bond donors (Lipinski definition) is 0. The van der Waals surface area contributed by atoms with Gasteiger partial charge >= 0.3 is 5.97 Å². The highest BCUT2D eigenvalue weighted by atomic mass is 35.5. The molecule has 2 heterocycles. The molecule has 1 atom stereocenters. The van der Waals surface area contributed by atoms with E-state index in [1.54, 1.807) is 41.3 Å². The van der Waals surface area contributed by atoms with Crippen LogP contribution in [0.4, 0.5) is 5.69 Å². The molecule has 2 aromatic carbocycles. The second-order valence-electron chi connectivity index (χ2n) is 6.56. The molecule has 6 nitrogen and oxygen atoms in total. The number of fused-ring (bicyclic) bond motifs is 1. The van der Waals surface area contributed by atoms with Crippen molar-refractivity contribution in [3.63, 3.8) is 0 Å². The van der Waals surface area contributed by atoms with Gasteiger partial charge in [0.05, 0.1) is 5.92 Å². The van der Waals surface area contributed by atoms with Gasteiger partial charge in [-0.3, -0.25) is 9.59 Å². The van der Waals surface area contributed by atoms with Crippen molar-refractivity contribution >= 4 is 29.2 Å². The summed E-state index contributed by atoms with van der Waals surface area (Å²) >= 11 is 5.93. The maximum Gasteiger partial charge on any atom is 0.316 e. The summed E-state index contributed by atoms with van der Waals surface area (Å²) in [5.41, 5.74) is 1.45. The molecule has 0 saturated carbocycles. The summed E-state index contributed by atoms with van der Waals surface area (Å²) in [6, 6.07) is 10.4. The van der Waals surface area contributed by atoms with Crippen LogP contribution in [0.5, 0.6) is 17.2 Å². The smallest absolute Gasteiger partial charge is 0.316 e. The van der Waals surface area contributed by atoms with E-state index in [1.165, 1.54) is 0 Å². The Labute approximate surface area is 161 Å². The minimum atomic E-state index is -0.527. The van der Waals surface area contributed by atoms with E-state index in [1.807, 2.05) is 6.92 Å². The van der Waals surface area contributed by atoms with Crippen LogP contribution in [0, 0.1) is 12.8 Å². The average Bonchev–Trinajstić information content (AvgIpc) is 3.05. The van der Waals surface area contributed by atoms with Crippen LogP contribution < -0.4 is 19.1 Å². The number of halogens is 1. The number of ether oxygens (including phenoxy) is 3. The number of benzene rings is 2. The number of rotatable bonds is 3. The molecule has 2 aliphatic rings. The third kappa shape index (κ3) is 3.57. The van der Waals surface area contributed by atoms with Crippen molar-refractivity contribution < 1.29 is 23.8 Å². The number of carbonyl (C=O) groups is 2. The van der Waals surface area contributed by atoms with Gasteiger partial charge in [0.25, 0.3) is 0 Å². The molecule has 1 fully saturated rings. The van der Waals surface area contributed by atoms with Crippen molar-refractivity contribution in [2.75, 3.05) is 24.7 Å². The van der Waals surface area contributed by atoms with Crippen LogP contribution in [-0.2, 0) is 9.59 Å². The lowest BCUT2D eigenvalue weighted by Gasteiger charge is -2.22. The monoisotopic (exact) mass is 387 g/mol. The van der Waals surface area contributed by atoms with E-state index in [0.29, 0.717) is 41.2 Å². The molecule has 1 amide bonds. The zero-order chi connectivity index (χ0) is 19.0. The molecule has 27 heavy (non-hydrogen) atoms. The fraction of sp³-hybridized carbons (Fsp3) is 0.300. The minimum Gasteiger partial charge on any atom is -0.486 e. The normalized spacial score (nSPS) is 18.5. The van der Waals surface area contributed by atoms with E-state index in [0.717, 1.165) is 5.56 Å². The van der Waals surface area contributed by atoms with E-state index in [4.69, 9.17) is 25.8 Å². The molecule has 0 aliphatic carbocycles. The summed E-state index contributed by atoms with van der Waals surface area (Å²) in [5.74, 6) is 0.644. The highest BCUT2D eigenvalue weighted by Crippen LogP contribution is 2.36. The number of esters is 1. The largest absolute Gasteiger partial charge is 0.486 e. The molecule has 4 rings (SSSR count). The third-order valence-electron chi connectivity index (χ3n) is 4.64. The lowest BCUT2D eigenvalue weighted by Crippen LogP contribution is -2.27. The number of aryl methyl sites for hydroxylation is 1. The van der Waals surface area contributed by atoms with E-state index in [2.05, 4.69) is 0 Å². The maximum absolute atomic E-state index is 12.5. The molecule has 0 N–H and O–H groups in total. The van der Waals surface area contributed by atoms with Gasteiger partial charge in [0, 0.05) is 29.7 Å². The van der Waals surface area contributed by atoms with Crippen LogP contribution >= 0.6 is 11.6 Å². The second kappa shape index (κ2) is 7.12. The Morgan fingerprint density at radius 2 is 1.93 bits per heavy atom. The first-order valence-electron chi connectivity index (χ1n) is 8.69. The van der Waals surface area contributed by atoms with Crippen LogP contribution in [0.3, 0.4) is 0 Å². The van der Waals surface area contributed by atoms with Crippen molar-refractivity contribution in [1.29, 1.82) is 0 Å². The van der Waals surface area contributed by atoms with Crippen LogP contribution in [-0.4, -0.2) is 31.6 Å². The second-order valence-corrected chi connectivity index (χ2v) is 7.00. The molecule has 0 aromatic heterocycles. The topological polar surface area (TPSA) is 65.1 Å². The Balaban J connectivity index is 1.48. The van der Waals surface area contributed by atoms with Gasteiger partial charge in [-0.05, 0) is 42.8 Å². The highest BCUT2D eigenvalue weighted by Gasteiger charge is 2.37. The standard InChI is InChI=1S/C20H18ClNO5/c1-12-8-14(21)2-4-16(12)27-20(24)13-9-19(23)22(11-13)15-3-5-17-18(10-15)26-7-6-25-17/h2-5,8,10,13H,6-7,9,11H2,1H3/t13-/m0/s1. The SMILES string of the molecule is Cc1cc(Cl)ccc1OC(=O)[C@H]1CC(=O)N(c2ccc3c(c2)OCCO3)C1. The number of nitrogens with zero attached hydrogens (tertiary/aromatic N) is 1.